The highest BCUT2D eigenvalue weighted by molar-refractivity contribution is 5.78. The molecule has 19 heavy (non-hydrogen) atoms. The number of amides is 1. The van der Waals surface area contributed by atoms with E-state index in [2.05, 4.69) is 18.3 Å². The van der Waals surface area contributed by atoms with Crippen molar-refractivity contribution in [3.05, 3.63) is 0 Å². The summed E-state index contributed by atoms with van der Waals surface area (Å²) in [6.07, 6.45) is 3.06. The Morgan fingerprint density at radius 3 is 2.89 bits per heavy atom. The van der Waals surface area contributed by atoms with Crippen molar-refractivity contribution in [1.29, 1.82) is 5.26 Å². The van der Waals surface area contributed by atoms with E-state index >= 15 is 0 Å². The Hall–Kier alpha value is -1.12. The number of hydrogen-bond donors (Lipinski definition) is 1. The number of nitriles is 1. The maximum atomic E-state index is 11.8. The summed E-state index contributed by atoms with van der Waals surface area (Å²) < 4.78 is 4.89. The van der Waals surface area contributed by atoms with Crippen LogP contribution < -0.4 is 5.32 Å². The fourth-order valence-corrected chi connectivity index (χ4v) is 2.68. The Labute approximate surface area is 115 Å². The van der Waals surface area contributed by atoms with Crippen LogP contribution in [0.3, 0.4) is 0 Å². The molecule has 3 unspecified atom stereocenters. The van der Waals surface area contributed by atoms with E-state index in [1.807, 2.05) is 11.9 Å². The van der Waals surface area contributed by atoms with Crippen LogP contribution in [0.5, 0.6) is 0 Å². The van der Waals surface area contributed by atoms with Gasteiger partial charge in [-0.1, -0.05) is 6.92 Å². The van der Waals surface area contributed by atoms with Crippen LogP contribution in [0.2, 0.25) is 0 Å². The maximum Gasteiger partial charge on any atom is 0.234 e. The van der Waals surface area contributed by atoms with Gasteiger partial charge in [-0.3, -0.25) is 9.69 Å². The van der Waals surface area contributed by atoms with Gasteiger partial charge in [0.25, 0.3) is 0 Å². The molecule has 0 heterocycles. The van der Waals surface area contributed by atoms with E-state index < -0.39 is 0 Å². The number of nitrogens with one attached hydrogen (secondary N) is 1. The molecule has 3 atom stereocenters. The molecule has 0 spiro atoms. The van der Waals surface area contributed by atoms with Crippen molar-refractivity contribution < 1.29 is 9.53 Å². The number of likely N-dealkylation sites (N-methyl/N-ethyl adjacent to an activating group) is 1. The summed E-state index contributed by atoms with van der Waals surface area (Å²) in [4.78, 5) is 13.8. The third-order valence-corrected chi connectivity index (χ3v) is 3.83. The summed E-state index contributed by atoms with van der Waals surface area (Å²) in [6.45, 7) is 3.62. The Balaban J connectivity index is 2.44. The molecule has 0 aromatic carbocycles. The Bertz CT molecular complexity index is 327. The van der Waals surface area contributed by atoms with Gasteiger partial charge in [0.2, 0.25) is 5.91 Å². The second-order valence-corrected chi connectivity index (χ2v) is 5.48. The zero-order chi connectivity index (χ0) is 14.3. The van der Waals surface area contributed by atoms with E-state index in [0.29, 0.717) is 25.6 Å². The quantitative estimate of drug-likeness (QED) is 0.729. The van der Waals surface area contributed by atoms with Gasteiger partial charge in [0.1, 0.15) is 0 Å². The van der Waals surface area contributed by atoms with Crippen molar-refractivity contribution in [3.63, 3.8) is 0 Å². The lowest BCUT2D eigenvalue weighted by atomic mass is 9.79. The molecular weight excluding hydrogens is 242 g/mol. The molecule has 1 aliphatic carbocycles. The summed E-state index contributed by atoms with van der Waals surface area (Å²) in [7, 11) is 3.54. The number of hydrogen-bond acceptors (Lipinski definition) is 4. The largest absolute Gasteiger partial charge is 0.383 e. The number of carbonyl (C=O) groups is 1. The van der Waals surface area contributed by atoms with E-state index in [1.165, 1.54) is 0 Å². The molecule has 1 saturated carbocycles. The van der Waals surface area contributed by atoms with Crippen LogP contribution in [0, 0.1) is 23.2 Å². The van der Waals surface area contributed by atoms with Crippen molar-refractivity contribution >= 4 is 5.91 Å². The number of ether oxygens (including phenoxy) is 1. The minimum absolute atomic E-state index is 0.00512. The van der Waals surface area contributed by atoms with Crippen LogP contribution in [-0.4, -0.2) is 50.7 Å². The van der Waals surface area contributed by atoms with Crippen LogP contribution in [-0.2, 0) is 9.53 Å². The smallest absolute Gasteiger partial charge is 0.234 e. The highest BCUT2D eigenvalue weighted by Crippen LogP contribution is 2.31. The predicted molar refractivity (Wildman–Crippen MR) is 73.4 cm³/mol. The van der Waals surface area contributed by atoms with Crippen molar-refractivity contribution in [2.45, 2.75) is 32.2 Å². The average molecular weight is 267 g/mol. The van der Waals surface area contributed by atoms with Crippen LogP contribution in [0.15, 0.2) is 0 Å². The van der Waals surface area contributed by atoms with E-state index in [4.69, 9.17) is 4.74 Å². The molecule has 1 aliphatic rings. The molecule has 1 fully saturated rings. The minimum atomic E-state index is -0.00512. The number of carbonyl (C=O) groups excluding carboxylic acids is 1. The summed E-state index contributed by atoms with van der Waals surface area (Å²) in [5.74, 6) is 0.677. The molecule has 5 nitrogen and oxygen atoms in total. The topological polar surface area (TPSA) is 65.4 Å². The van der Waals surface area contributed by atoms with E-state index in [1.54, 1.807) is 7.11 Å². The molecule has 1 rings (SSSR count). The van der Waals surface area contributed by atoms with Crippen LogP contribution in [0.25, 0.3) is 0 Å². The standard InChI is InChI=1S/C14H25N3O2/c1-11-4-5-12(9-15)13(8-11)17(2)10-14(18)16-6-7-19-3/h11-13H,4-8,10H2,1-3H3,(H,16,18). The van der Waals surface area contributed by atoms with E-state index in [-0.39, 0.29) is 17.9 Å². The van der Waals surface area contributed by atoms with Crippen LogP contribution in [0.4, 0.5) is 0 Å². The lowest BCUT2D eigenvalue weighted by Gasteiger charge is -2.37. The molecule has 0 saturated heterocycles. The van der Waals surface area contributed by atoms with Crippen LogP contribution in [0.1, 0.15) is 26.2 Å². The third kappa shape index (κ3) is 5.17. The van der Waals surface area contributed by atoms with Crippen LogP contribution >= 0.6 is 0 Å². The minimum Gasteiger partial charge on any atom is -0.383 e. The fourth-order valence-electron chi connectivity index (χ4n) is 2.68. The normalized spacial score (nSPS) is 27.0. The molecule has 0 radical (unpaired) electrons. The first kappa shape index (κ1) is 15.9. The predicted octanol–water partition coefficient (Wildman–Crippen LogP) is 1.01. The number of nitrogens with zero attached hydrogens (tertiary/aromatic N) is 2. The van der Waals surface area contributed by atoms with Gasteiger partial charge >= 0.3 is 0 Å². The molecule has 5 heteroatoms. The molecular formula is C14H25N3O2. The van der Waals surface area contributed by atoms with Crippen molar-refractivity contribution in [1.82, 2.24) is 10.2 Å². The zero-order valence-corrected chi connectivity index (χ0v) is 12.2. The van der Waals surface area contributed by atoms with Gasteiger partial charge in [0.15, 0.2) is 0 Å². The fraction of sp³-hybridized carbons (Fsp3) is 0.857. The lowest BCUT2D eigenvalue weighted by Crippen LogP contribution is -2.46. The highest BCUT2D eigenvalue weighted by Gasteiger charge is 2.31. The van der Waals surface area contributed by atoms with Gasteiger partial charge in [0.05, 0.1) is 25.1 Å². The molecule has 108 valence electrons. The third-order valence-electron chi connectivity index (χ3n) is 3.83. The highest BCUT2D eigenvalue weighted by atomic mass is 16.5. The molecule has 1 N–H and O–H groups in total. The number of rotatable bonds is 6. The molecule has 0 aromatic rings. The van der Waals surface area contributed by atoms with Gasteiger partial charge in [0, 0.05) is 19.7 Å². The Morgan fingerprint density at radius 2 is 2.26 bits per heavy atom. The number of methoxy groups -OCH3 is 1. The van der Waals surface area contributed by atoms with Gasteiger partial charge in [-0.2, -0.15) is 5.26 Å². The van der Waals surface area contributed by atoms with Crippen molar-refractivity contribution in [2.24, 2.45) is 11.8 Å². The molecule has 0 aliphatic heterocycles. The summed E-state index contributed by atoms with van der Waals surface area (Å²) >= 11 is 0. The van der Waals surface area contributed by atoms with Gasteiger partial charge in [-0.25, -0.2) is 0 Å². The van der Waals surface area contributed by atoms with Gasteiger partial charge < -0.3 is 10.1 Å². The average Bonchev–Trinajstić information content (AvgIpc) is 2.39. The van der Waals surface area contributed by atoms with Gasteiger partial charge in [-0.15, -0.1) is 0 Å². The zero-order valence-electron chi connectivity index (χ0n) is 12.2. The first-order valence-electron chi connectivity index (χ1n) is 6.94. The summed E-state index contributed by atoms with van der Waals surface area (Å²) in [5, 5.41) is 12.0. The lowest BCUT2D eigenvalue weighted by molar-refractivity contribution is -0.123. The molecule has 1 amide bonds. The summed E-state index contributed by atoms with van der Waals surface area (Å²) in [5.41, 5.74) is 0. The van der Waals surface area contributed by atoms with Crippen molar-refractivity contribution in [2.75, 3.05) is 33.9 Å². The molecule has 0 aromatic heterocycles. The maximum absolute atomic E-state index is 11.8. The van der Waals surface area contributed by atoms with Crippen molar-refractivity contribution in [3.8, 4) is 6.07 Å². The first-order chi connectivity index (χ1) is 9.08. The Morgan fingerprint density at radius 1 is 1.53 bits per heavy atom. The summed E-state index contributed by atoms with van der Waals surface area (Å²) in [6, 6.07) is 2.58. The molecule has 0 bridgehead atoms. The second-order valence-electron chi connectivity index (χ2n) is 5.48. The van der Waals surface area contributed by atoms with E-state index in [0.717, 1.165) is 19.3 Å². The van der Waals surface area contributed by atoms with E-state index in [9.17, 15) is 10.1 Å². The monoisotopic (exact) mass is 267 g/mol. The van der Waals surface area contributed by atoms with Gasteiger partial charge in [-0.05, 0) is 32.2 Å². The first-order valence-corrected chi connectivity index (χ1v) is 6.94. The second kappa shape index (κ2) is 8.13. The Kier molecular flexibility index (Phi) is 6.82. The SMILES string of the molecule is COCCNC(=O)CN(C)C1CC(C)CCC1C#N.